The number of halogens is 1. The maximum Gasteiger partial charge on any atom is 0.307 e. The number of likely N-dealkylation sites (tertiary alicyclic amines) is 1. The van der Waals surface area contributed by atoms with Crippen LogP contribution in [0, 0.1) is 19.8 Å². The van der Waals surface area contributed by atoms with E-state index in [0.717, 1.165) is 41.1 Å². The summed E-state index contributed by atoms with van der Waals surface area (Å²) in [6.07, 6.45) is 1.68. The molecule has 0 unspecified atom stereocenters. The Morgan fingerprint density at radius 1 is 1.36 bits per heavy atom. The number of carbonyl (C=O) groups is 1. The molecule has 0 aliphatic carbocycles. The first kappa shape index (κ1) is 22.4. The molecule has 7 heteroatoms. The van der Waals surface area contributed by atoms with Crippen molar-refractivity contribution in [2.75, 3.05) is 26.2 Å². The molecule has 3 rings (SSSR count). The summed E-state index contributed by atoms with van der Waals surface area (Å²) >= 11 is 1.66. The van der Waals surface area contributed by atoms with E-state index in [-0.39, 0.29) is 18.3 Å². The second-order valence-electron chi connectivity index (χ2n) is 7.05. The van der Waals surface area contributed by atoms with Crippen LogP contribution in [0.25, 0.3) is 0 Å². The van der Waals surface area contributed by atoms with E-state index in [4.69, 9.17) is 4.84 Å². The quantitative estimate of drug-likeness (QED) is 0.409. The van der Waals surface area contributed by atoms with Gasteiger partial charge < -0.3 is 9.94 Å². The van der Waals surface area contributed by atoms with Gasteiger partial charge in [-0.3, -0.25) is 9.69 Å². The first-order chi connectivity index (χ1) is 13.0. The number of rotatable bonds is 7. The fourth-order valence-corrected chi connectivity index (χ4v) is 4.25. The smallest absolute Gasteiger partial charge is 0.307 e. The number of thiophene rings is 1. The van der Waals surface area contributed by atoms with Crippen LogP contribution in [0.4, 0.5) is 0 Å². The number of carboxylic acid groups (broad SMARTS) is 1. The Bertz CT molecular complexity index is 821. The van der Waals surface area contributed by atoms with E-state index < -0.39 is 5.97 Å². The van der Waals surface area contributed by atoms with Gasteiger partial charge in [-0.25, -0.2) is 0 Å². The van der Waals surface area contributed by atoms with Crippen LogP contribution >= 0.6 is 23.7 Å². The van der Waals surface area contributed by atoms with Crippen LogP contribution in [0.2, 0.25) is 0 Å². The van der Waals surface area contributed by atoms with Crippen LogP contribution in [0.1, 0.15) is 34.4 Å². The van der Waals surface area contributed by atoms with E-state index in [1.54, 1.807) is 11.3 Å². The number of hydrogen-bond acceptors (Lipinski definition) is 5. The molecule has 152 valence electrons. The normalized spacial score (nSPS) is 17.8. The van der Waals surface area contributed by atoms with E-state index in [2.05, 4.69) is 47.5 Å². The Labute approximate surface area is 176 Å². The van der Waals surface area contributed by atoms with E-state index in [9.17, 15) is 9.90 Å². The second-order valence-corrected chi connectivity index (χ2v) is 7.97. The van der Waals surface area contributed by atoms with Gasteiger partial charge in [-0.2, -0.15) is 0 Å². The number of oxime groups is 1. The van der Waals surface area contributed by atoms with Gasteiger partial charge in [-0.1, -0.05) is 29.4 Å². The first-order valence-electron chi connectivity index (χ1n) is 9.31. The standard InChI is InChI=1S/C21H26N2O3S.ClH/c1-15-12-19(27-14-15)20(18-8-4-3-6-16(18)2)22-26-11-10-23-9-5-7-17(13-23)21(24)25;/h3-4,6,8,12,14,17H,5,7,9-11,13H2,1-2H3,(H,24,25);1H/b22-20+;/t17-;/m1./s1. The Morgan fingerprint density at radius 2 is 2.14 bits per heavy atom. The van der Waals surface area contributed by atoms with Gasteiger partial charge in [0.1, 0.15) is 12.3 Å². The molecular formula is C21H27ClN2O3S. The molecule has 0 radical (unpaired) electrons. The van der Waals surface area contributed by atoms with Gasteiger partial charge >= 0.3 is 5.97 Å². The monoisotopic (exact) mass is 422 g/mol. The minimum atomic E-state index is -0.700. The molecule has 0 bridgehead atoms. The molecule has 5 nitrogen and oxygen atoms in total. The van der Waals surface area contributed by atoms with Crippen molar-refractivity contribution in [3.8, 4) is 0 Å². The minimum absolute atomic E-state index is 0. The number of hydrogen-bond donors (Lipinski definition) is 1. The van der Waals surface area contributed by atoms with E-state index in [1.165, 1.54) is 5.56 Å². The number of piperidine rings is 1. The molecular weight excluding hydrogens is 396 g/mol. The predicted molar refractivity (Wildman–Crippen MR) is 116 cm³/mol. The zero-order chi connectivity index (χ0) is 19.2. The van der Waals surface area contributed by atoms with Gasteiger partial charge in [0.25, 0.3) is 0 Å². The van der Waals surface area contributed by atoms with Crippen molar-refractivity contribution in [2.45, 2.75) is 26.7 Å². The first-order valence-corrected chi connectivity index (χ1v) is 10.2. The van der Waals surface area contributed by atoms with Gasteiger partial charge in [0.15, 0.2) is 0 Å². The topological polar surface area (TPSA) is 62.1 Å². The van der Waals surface area contributed by atoms with Crippen molar-refractivity contribution in [1.82, 2.24) is 4.90 Å². The van der Waals surface area contributed by atoms with Gasteiger partial charge in [0.2, 0.25) is 0 Å². The third-order valence-corrected chi connectivity index (χ3v) is 5.93. The molecule has 1 saturated heterocycles. The molecule has 2 heterocycles. The minimum Gasteiger partial charge on any atom is -0.481 e. The molecule has 0 saturated carbocycles. The maximum absolute atomic E-state index is 11.2. The number of aliphatic carboxylic acids is 1. The van der Waals surface area contributed by atoms with E-state index in [1.807, 2.05) is 12.1 Å². The molecule has 1 aromatic heterocycles. The van der Waals surface area contributed by atoms with E-state index in [0.29, 0.717) is 19.7 Å². The van der Waals surface area contributed by atoms with E-state index >= 15 is 0 Å². The van der Waals surface area contributed by atoms with Crippen molar-refractivity contribution in [2.24, 2.45) is 11.1 Å². The average molecular weight is 423 g/mol. The fourth-order valence-electron chi connectivity index (χ4n) is 3.36. The van der Waals surface area contributed by atoms with Gasteiger partial charge in [-0.05, 0) is 55.8 Å². The lowest BCUT2D eigenvalue weighted by Gasteiger charge is -2.29. The maximum atomic E-state index is 11.2. The van der Waals surface area contributed by atoms with Crippen molar-refractivity contribution in [1.29, 1.82) is 0 Å². The molecule has 1 aromatic carbocycles. The van der Waals surface area contributed by atoms with Crippen LogP contribution in [0.5, 0.6) is 0 Å². The van der Waals surface area contributed by atoms with Crippen molar-refractivity contribution < 1.29 is 14.7 Å². The highest BCUT2D eigenvalue weighted by Crippen LogP contribution is 2.21. The summed E-state index contributed by atoms with van der Waals surface area (Å²) in [5.41, 5.74) is 4.30. The second kappa shape index (κ2) is 10.6. The highest BCUT2D eigenvalue weighted by atomic mass is 35.5. The average Bonchev–Trinajstić information content (AvgIpc) is 3.09. The van der Waals surface area contributed by atoms with Crippen LogP contribution in [-0.4, -0.2) is 47.9 Å². The molecule has 1 fully saturated rings. The summed E-state index contributed by atoms with van der Waals surface area (Å²) in [5, 5.41) is 15.8. The molecule has 1 N–H and O–H groups in total. The summed E-state index contributed by atoms with van der Waals surface area (Å²) < 4.78 is 0. The Balaban J connectivity index is 0.00000280. The highest BCUT2D eigenvalue weighted by Gasteiger charge is 2.25. The van der Waals surface area contributed by atoms with Gasteiger partial charge in [0.05, 0.1) is 10.8 Å². The molecule has 0 spiro atoms. The predicted octanol–water partition coefficient (Wildman–Crippen LogP) is 4.35. The lowest BCUT2D eigenvalue weighted by atomic mass is 9.98. The summed E-state index contributed by atoms with van der Waals surface area (Å²) in [5.74, 6) is -0.965. The SMILES string of the molecule is Cc1csc(/C(=N/OCCN2CCC[C@@H](C(=O)O)C2)c2ccccc2C)c1.Cl. The molecule has 0 amide bonds. The summed E-state index contributed by atoms with van der Waals surface area (Å²) in [4.78, 5) is 20.1. The van der Waals surface area contributed by atoms with Crippen molar-refractivity contribution >= 4 is 35.4 Å². The van der Waals surface area contributed by atoms with Crippen molar-refractivity contribution in [3.63, 3.8) is 0 Å². The van der Waals surface area contributed by atoms with Crippen molar-refractivity contribution in [3.05, 3.63) is 57.3 Å². The third-order valence-electron chi connectivity index (χ3n) is 4.87. The zero-order valence-electron chi connectivity index (χ0n) is 16.3. The summed E-state index contributed by atoms with van der Waals surface area (Å²) in [6, 6.07) is 10.3. The molecule has 1 aliphatic heterocycles. The lowest BCUT2D eigenvalue weighted by molar-refractivity contribution is -0.143. The zero-order valence-corrected chi connectivity index (χ0v) is 17.9. The summed E-state index contributed by atoms with van der Waals surface area (Å²) in [6.45, 7) is 6.81. The van der Waals surface area contributed by atoms with Gasteiger partial charge in [-0.15, -0.1) is 23.7 Å². The molecule has 1 aliphatic rings. The van der Waals surface area contributed by atoms with Crippen LogP contribution in [-0.2, 0) is 9.63 Å². The summed E-state index contributed by atoms with van der Waals surface area (Å²) in [7, 11) is 0. The lowest BCUT2D eigenvalue weighted by Crippen LogP contribution is -2.40. The number of benzene rings is 1. The molecule has 1 atom stereocenters. The fraction of sp³-hybridized carbons (Fsp3) is 0.429. The van der Waals surface area contributed by atoms with Crippen LogP contribution in [0.3, 0.4) is 0 Å². The Hall–Kier alpha value is -1.89. The van der Waals surface area contributed by atoms with Gasteiger partial charge in [0, 0.05) is 18.7 Å². The largest absolute Gasteiger partial charge is 0.481 e. The Morgan fingerprint density at radius 3 is 2.82 bits per heavy atom. The van der Waals surface area contributed by atoms with Crippen LogP contribution < -0.4 is 0 Å². The highest BCUT2D eigenvalue weighted by molar-refractivity contribution is 7.12. The number of carboxylic acids is 1. The van der Waals surface area contributed by atoms with Crippen LogP contribution in [0.15, 0.2) is 40.9 Å². The number of aryl methyl sites for hydroxylation is 2. The molecule has 28 heavy (non-hydrogen) atoms. The Kier molecular flexibility index (Phi) is 8.48. The molecule has 2 aromatic rings. The third kappa shape index (κ3) is 5.80. The number of nitrogens with zero attached hydrogens (tertiary/aromatic N) is 2.